The Balaban J connectivity index is 2.04. The maximum atomic E-state index is 13.7. The van der Waals surface area contributed by atoms with Crippen LogP contribution in [0.1, 0.15) is 18.1 Å². The Hall–Kier alpha value is -1.21. The molecule has 23 heavy (non-hydrogen) atoms. The highest BCUT2D eigenvalue weighted by Gasteiger charge is 2.27. The predicted octanol–water partition coefficient (Wildman–Crippen LogP) is 1.91. The van der Waals surface area contributed by atoms with Gasteiger partial charge in [-0.2, -0.15) is 0 Å². The Morgan fingerprint density at radius 1 is 1.57 bits per heavy atom. The second-order valence-electron chi connectivity index (χ2n) is 5.48. The molecular formula is C16H22ClFN2O3. The molecule has 0 aromatic heterocycles. The van der Waals surface area contributed by atoms with E-state index < -0.39 is 5.82 Å². The van der Waals surface area contributed by atoms with E-state index in [0.717, 1.165) is 12.1 Å². The fourth-order valence-corrected chi connectivity index (χ4v) is 2.67. The summed E-state index contributed by atoms with van der Waals surface area (Å²) >= 11 is 5.74. The standard InChI is InChI=1S/C16H22ClFN2O3/c1-22-6-4-15(21)20-10-12-9-19-5-7-23-16(12)11-2-3-13(17)14(18)8-11/h2-3,8,12,16,19H,4-7,9-10H2,1H3,(H,20,21)/t12-,16-/m0/s1. The molecule has 2 atom stereocenters. The number of hydrogen-bond donors (Lipinski definition) is 2. The first-order chi connectivity index (χ1) is 11.1. The van der Waals surface area contributed by atoms with E-state index in [1.165, 1.54) is 12.1 Å². The molecule has 1 aliphatic heterocycles. The number of methoxy groups -OCH3 is 1. The monoisotopic (exact) mass is 344 g/mol. The third-order valence-corrected chi connectivity index (χ3v) is 4.08. The van der Waals surface area contributed by atoms with Crippen LogP contribution in [0, 0.1) is 11.7 Å². The summed E-state index contributed by atoms with van der Waals surface area (Å²) in [5.41, 5.74) is 0.728. The number of carbonyl (C=O) groups is 1. The second-order valence-corrected chi connectivity index (χ2v) is 5.88. The van der Waals surface area contributed by atoms with Crippen LogP contribution in [-0.2, 0) is 14.3 Å². The summed E-state index contributed by atoms with van der Waals surface area (Å²) in [5, 5.41) is 6.24. The lowest BCUT2D eigenvalue weighted by Gasteiger charge is -2.25. The van der Waals surface area contributed by atoms with Gasteiger partial charge in [-0.15, -0.1) is 0 Å². The molecule has 1 fully saturated rings. The number of nitrogens with one attached hydrogen (secondary N) is 2. The molecule has 5 nitrogen and oxygen atoms in total. The Morgan fingerprint density at radius 2 is 2.39 bits per heavy atom. The lowest BCUT2D eigenvalue weighted by molar-refractivity contribution is -0.122. The number of rotatable bonds is 6. The average Bonchev–Trinajstić information content (AvgIpc) is 2.79. The Morgan fingerprint density at radius 3 is 3.13 bits per heavy atom. The van der Waals surface area contributed by atoms with Gasteiger partial charge in [-0.25, -0.2) is 4.39 Å². The minimum absolute atomic E-state index is 0.00423. The zero-order valence-corrected chi connectivity index (χ0v) is 13.9. The van der Waals surface area contributed by atoms with Gasteiger partial charge in [-0.3, -0.25) is 4.79 Å². The molecule has 1 aromatic rings. The molecule has 128 valence electrons. The van der Waals surface area contributed by atoms with Gasteiger partial charge >= 0.3 is 0 Å². The van der Waals surface area contributed by atoms with Crippen LogP contribution in [0.2, 0.25) is 5.02 Å². The lowest BCUT2D eigenvalue weighted by Crippen LogP contribution is -2.36. The van der Waals surface area contributed by atoms with E-state index >= 15 is 0 Å². The van der Waals surface area contributed by atoms with Crippen molar-refractivity contribution >= 4 is 17.5 Å². The number of halogens is 2. The van der Waals surface area contributed by atoms with Crippen molar-refractivity contribution in [3.8, 4) is 0 Å². The molecule has 2 N–H and O–H groups in total. The molecule has 1 aromatic carbocycles. The van der Waals surface area contributed by atoms with Crippen molar-refractivity contribution in [1.82, 2.24) is 10.6 Å². The van der Waals surface area contributed by atoms with Crippen LogP contribution in [0.5, 0.6) is 0 Å². The summed E-state index contributed by atoms with van der Waals surface area (Å²) in [6, 6.07) is 4.70. The maximum absolute atomic E-state index is 13.7. The smallest absolute Gasteiger partial charge is 0.222 e. The highest BCUT2D eigenvalue weighted by atomic mass is 35.5. The van der Waals surface area contributed by atoms with Gasteiger partial charge in [-0.05, 0) is 17.7 Å². The van der Waals surface area contributed by atoms with Crippen molar-refractivity contribution in [3.05, 3.63) is 34.6 Å². The van der Waals surface area contributed by atoms with E-state index in [0.29, 0.717) is 32.7 Å². The lowest BCUT2D eigenvalue weighted by atomic mass is 9.95. The molecule has 0 unspecified atom stereocenters. The molecule has 7 heteroatoms. The molecule has 0 bridgehead atoms. The minimum atomic E-state index is -0.465. The molecule has 2 rings (SSSR count). The van der Waals surface area contributed by atoms with Gasteiger partial charge in [0.1, 0.15) is 5.82 Å². The molecule has 1 saturated heterocycles. The molecule has 0 saturated carbocycles. The summed E-state index contributed by atoms with van der Waals surface area (Å²) in [7, 11) is 1.56. The zero-order chi connectivity index (χ0) is 16.7. The van der Waals surface area contributed by atoms with E-state index in [1.54, 1.807) is 13.2 Å². The van der Waals surface area contributed by atoms with Crippen LogP contribution < -0.4 is 10.6 Å². The Bertz CT molecular complexity index is 530. The van der Waals surface area contributed by atoms with Crippen molar-refractivity contribution in [2.45, 2.75) is 12.5 Å². The molecule has 1 amide bonds. The summed E-state index contributed by atoms with van der Waals surface area (Å²) < 4.78 is 24.5. The number of ether oxygens (including phenoxy) is 2. The average molecular weight is 345 g/mol. The summed E-state index contributed by atoms with van der Waals surface area (Å²) in [4.78, 5) is 11.7. The van der Waals surface area contributed by atoms with Crippen LogP contribution in [-0.4, -0.2) is 45.9 Å². The van der Waals surface area contributed by atoms with Crippen LogP contribution in [0.25, 0.3) is 0 Å². The number of benzene rings is 1. The van der Waals surface area contributed by atoms with Gasteiger partial charge in [0.25, 0.3) is 0 Å². The van der Waals surface area contributed by atoms with Crippen molar-refractivity contribution in [2.24, 2.45) is 5.92 Å². The minimum Gasteiger partial charge on any atom is -0.384 e. The van der Waals surface area contributed by atoms with Crippen LogP contribution >= 0.6 is 11.6 Å². The second kappa shape index (κ2) is 9.17. The van der Waals surface area contributed by atoms with Gasteiger partial charge in [-0.1, -0.05) is 17.7 Å². The SMILES string of the molecule is COCCC(=O)NC[C@@H]1CNCCO[C@H]1c1ccc(Cl)c(F)c1. The third-order valence-electron chi connectivity index (χ3n) is 3.78. The maximum Gasteiger partial charge on any atom is 0.222 e. The van der Waals surface area contributed by atoms with Crippen LogP contribution in [0.15, 0.2) is 18.2 Å². The van der Waals surface area contributed by atoms with E-state index in [-0.39, 0.29) is 23.0 Å². The summed E-state index contributed by atoms with van der Waals surface area (Å²) in [6.07, 6.45) is 0.0251. The molecular weight excluding hydrogens is 323 g/mol. The predicted molar refractivity (Wildman–Crippen MR) is 86.0 cm³/mol. The van der Waals surface area contributed by atoms with Gasteiger partial charge in [0.05, 0.1) is 24.3 Å². The van der Waals surface area contributed by atoms with E-state index in [2.05, 4.69) is 10.6 Å². The van der Waals surface area contributed by atoms with Crippen molar-refractivity contribution < 1.29 is 18.7 Å². The van der Waals surface area contributed by atoms with Crippen LogP contribution in [0.3, 0.4) is 0 Å². The first-order valence-corrected chi connectivity index (χ1v) is 8.02. The highest BCUT2D eigenvalue weighted by molar-refractivity contribution is 6.30. The van der Waals surface area contributed by atoms with Crippen molar-refractivity contribution in [2.75, 3.05) is 40.0 Å². The zero-order valence-electron chi connectivity index (χ0n) is 13.1. The largest absolute Gasteiger partial charge is 0.384 e. The van der Waals surface area contributed by atoms with E-state index in [9.17, 15) is 9.18 Å². The van der Waals surface area contributed by atoms with E-state index in [1.807, 2.05) is 0 Å². The number of amides is 1. The highest BCUT2D eigenvalue weighted by Crippen LogP contribution is 2.29. The van der Waals surface area contributed by atoms with Crippen LogP contribution in [0.4, 0.5) is 4.39 Å². The van der Waals surface area contributed by atoms with Crippen molar-refractivity contribution in [1.29, 1.82) is 0 Å². The number of hydrogen-bond acceptors (Lipinski definition) is 4. The molecule has 0 radical (unpaired) electrons. The Labute approximate surface area is 140 Å². The summed E-state index contributed by atoms with van der Waals surface area (Å²) in [6.45, 7) is 2.77. The summed E-state index contributed by atoms with van der Waals surface area (Å²) in [5.74, 6) is -0.533. The first kappa shape index (κ1) is 18.1. The third kappa shape index (κ3) is 5.42. The molecule has 1 heterocycles. The van der Waals surface area contributed by atoms with Gasteiger partial charge in [0.2, 0.25) is 5.91 Å². The topological polar surface area (TPSA) is 59.6 Å². The van der Waals surface area contributed by atoms with Crippen molar-refractivity contribution in [3.63, 3.8) is 0 Å². The van der Waals surface area contributed by atoms with Gasteiger partial charge in [0.15, 0.2) is 0 Å². The van der Waals surface area contributed by atoms with Gasteiger partial charge in [0, 0.05) is 39.1 Å². The fourth-order valence-electron chi connectivity index (χ4n) is 2.55. The van der Waals surface area contributed by atoms with Gasteiger partial charge < -0.3 is 20.1 Å². The quantitative estimate of drug-likeness (QED) is 0.827. The Kier molecular flexibility index (Phi) is 7.23. The first-order valence-electron chi connectivity index (χ1n) is 7.64. The molecule has 1 aliphatic rings. The number of carbonyl (C=O) groups excluding carboxylic acids is 1. The normalized spacial score (nSPS) is 21.7. The molecule has 0 aliphatic carbocycles. The molecule has 0 spiro atoms. The fraction of sp³-hybridized carbons (Fsp3) is 0.562. The van der Waals surface area contributed by atoms with E-state index in [4.69, 9.17) is 21.1 Å².